The van der Waals surface area contributed by atoms with Crippen LogP contribution in [-0.4, -0.2) is 52.9 Å². The Hall–Kier alpha value is -1.43. The van der Waals surface area contributed by atoms with E-state index in [9.17, 15) is 5.11 Å². The average Bonchev–Trinajstić information content (AvgIpc) is 2.97. The van der Waals surface area contributed by atoms with Crippen molar-refractivity contribution in [2.45, 2.75) is 51.2 Å². The van der Waals surface area contributed by atoms with Gasteiger partial charge >= 0.3 is 0 Å². The number of oxazole rings is 1. The number of aromatic nitrogens is 1. The third-order valence-electron chi connectivity index (χ3n) is 4.34. The highest BCUT2D eigenvalue weighted by Crippen LogP contribution is 2.29. The normalized spacial score (nSPS) is 21.2. The lowest BCUT2D eigenvalue weighted by Crippen LogP contribution is -2.41. The van der Waals surface area contributed by atoms with Gasteiger partial charge in [0.2, 0.25) is 0 Å². The minimum atomic E-state index is -0.466. The number of β-amino-alcohol motifs (C(OH)–C–C–N with tert-alkyl or cyclic N) is 1. The van der Waals surface area contributed by atoms with Crippen LogP contribution in [0.3, 0.4) is 0 Å². The lowest BCUT2D eigenvalue weighted by molar-refractivity contribution is -0.0576. The summed E-state index contributed by atoms with van der Waals surface area (Å²) in [6.07, 6.45) is 1.71. The van der Waals surface area contributed by atoms with E-state index in [4.69, 9.17) is 9.15 Å². The first-order valence-electron chi connectivity index (χ1n) is 8.80. The van der Waals surface area contributed by atoms with E-state index in [0.29, 0.717) is 19.1 Å². The molecule has 0 spiro atoms. The number of likely N-dealkylation sites (tertiary alicyclic amines) is 1. The topological polar surface area (TPSA) is 58.7 Å². The molecule has 0 bridgehead atoms. The lowest BCUT2D eigenvalue weighted by atomic mass is 9.97. The zero-order chi connectivity index (χ0) is 17.2. The fourth-order valence-corrected chi connectivity index (χ4v) is 3.18. The van der Waals surface area contributed by atoms with Crippen molar-refractivity contribution in [1.82, 2.24) is 9.88 Å². The van der Waals surface area contributed by atoms with Crippen LogP contribution in [0.1, 0.15) is 45.4 Å². The van der Waals surface area contributed by atoms with Gasteiger partial charge in [-0.15, -0.1) is 0 Å². The van der Waals surface area contributed by atoms with Crippen LogP contribution in [0.2, 0.25) is 0 Å². The molecule has 3 rings (SSSR count). The number of rotatable bonds is 5. The second kappa shape index (κ2) is 7.21. The number of nitrogens with zero attached hydrogens (tertiary/aromatic N) is 2. The predicted octanol–water partition coefficient (Wildman–Crippen LogP) is 3.18. The Bertz CT molecular complexity index is 629. The number of para-hydroxylation sites is 2. The van der Waals surface area contributed by atoms with Crippen LogP contribution < -0.4 is 0 Å². The Morgan fingerprint density at radius 2 is 2.17 bits per heavy atom. The highest BCUT2D eigenvalue weighted by atomic mass is 16.5. The van der Waals surface area contributed by atoms with Crippen molar-refractivity contribution in [2.75, 3.05) is 26.2 Å². The Labute approximate surface area is 143 Å². The summed E-state index contributed by atoms with van der Waals surface area (Å²) in [5.41, 5.74) is 1.55. The molecule has 5 heteroatoms. The lowest BCUT2D eigenvalue weighted by Gasteiger charge is -2.33. The van der Waals surface area contributed by atoms with Gasteiger partial charge in [-0.2, -0.15) is 0 Å². The van der Waals surface area contributed by atoms with Crippen LogP contribution in [0.15, 0.2) is 28.7 Å². The molecular weight excluding hydrogens is 304 g/mol. The molecule has 1 fully saturated rings. The monoisotopic (exact) mass is 332 g/mol. The molecule has 2 heterocycles. The fourth-order valence-electron chi connectivity index (χ4n) is 3.18. The number of piperidine rings is 1. The fraction of sp³-hybridized carbons (Fsp3) is 0.632. The summed E-state index contributed by atoms with van der Waals surface area (Å²) >= 11 is 0. The highest BCUT2D eigenvalue weighted by molar-refractivity contribution is 5.72. The zero-order valence-electron chi connectivity index (χ0n) is 14.9. The molecule has 1 aliphatic rings. The van der Waals surface area contributed by atoms with Crippen molar-refractivity contribution in [1.29, 1.82) is 0 Å². The first kappa shape index (κ1) is 17.4. The molecule has 1 aromatic heterocycles. The maximum Gasteiger partial charge on any atom is 0.199 e. The molecule has 2 unspecified atom stereocenters. The summed E-state index contributed by atoms with van der Waals surface area (Å²) in [7, 11) is 0. The second-order valence-corrected chi connectivity index (χ2v) is 7.70. The minimum Gasteiger partial charge on any atom is -0.440 e. The molecule has 24 heavy (non-hydrogen) atoms. The molecule has 0 aliphatic carbocycles. The largest absolute Gasteiger partial charge is 0.440 e. The van der Waals surface area contributed by atoms with E-state index in [2.05, 4.69) is 9.88 Å². The van der Waals surface area contributed by atoms with Crippen molar-refractivity contribution in [3.63, 3.8) is 0 Å². The van der Waals surface area contributed by atoms with Gasteiger partial charge in [-0.3, -0.25) is 4.90 Å². The number of hydrogen-bond acceptors (Lipinski definition) is 5. The van der Waals surface area contributed by atoms with Gasteiger partial charge in [0.25, 0.3) is 0 Å². The van der Waals surface area contributed by atoms with E-state index in [1.54, 1.807) is 0 Å². The number of ether oxygens (including phenoxy) is 1. The average molecular weight is 332 g/mol. The summed E-state index contributed by atoms with van der Waals surface area (Å²) in [5, 5.41) is 10.2. The minimum absolute atomic E-state index is 0.219. The third kappa shape index (κ3) is 4.56. The Balaban J connectivity index is 1.58. The van der Waals surface area contributed by atoms with Crippen LogP contribution in [0.25, 0.3) is 11.1 Å². The highest BCUT2D eigenvalue weighted by Gasteiger charge is 2.27. The molecule has 1 aliphatic heterocycles. The quantitative estimate of drug-likeness (QED) is 0.911. The maximum absolute atomic E-state index is 10.2. The van der Waals surface area contributed by atoms with Gasteiger partial charge < -0.3 is 14.3 Å². The summed E-state index contributed by atoms with van der Waals surface area (Å²) < 4.78 is 11.6. The number of aliphatic hydroxyl groups excluding tert-OH is 1. The number of benzene rings is 1. The standard InChI is InChI=1S/C19H28N2O3/c1-19(2,3)23-13-15(22)12-21-10-6-7-14(11-21)18-20-16-8-4-5-9-17(16)24-18/h4-5,8-9,14-15,22H,6-7,10-13H2,1-3H3. The molecule has 132 valence electrons. The van der Waals surface area contributed by atoms with Crippen molar-refractivity contribution < 1.29 is 14.3 Å². The summed E-state index contributed by atoms with van der Waals surface area (Å²) in [5.74, 6) is 1.11. The molecule has 0 amide bonds. The zero-order valence-corrected chi connectivity index (χ0v) is 14.9. The van der Waals surface area contributed by atoms with Crippen LogP contribution in [0, 0.1) is 0 Å². The van der Waals surface area contributed by atoms with E-state index < -0.39 is 6.10 Å². The second-order valence-electron chi connectivity index (χ2n) is 7.70. The van der Waals surface area contributed by atoms with E-state index >= 15 is 0 Å². The van der Waals surface area contributed by atoms with E-state index in [1.807, 2.05) is 45.0 Å². The Morgan fingerprint density at radius 1 is 1.38 bits per heavy atom. The van der Waals surface area contributed by atoms with Crippen molar-refractivity contribution in [3.05, 3.63) is 30.2 Å². The van der Waals surface area contributed by atoms with Crippen LogP contribution >= 0.6 is 0 Å². The molecule has 0 saturated carbocycles. The number of hydrogen-bond donors (Lipinski definition) is 1. The van der Waals surface area contributed by atoms with Gasteiger partial charge in [0, 0.05) is 19.0 Å². The molecule has 1 N–H and O–H groups in total. The number of aliphatic hydroxyl groups is 1. The smallest absolute Gasteiger partial charge is 0.199 e. The first-order chi connectivity index (χ1) is 11.4. The summed E-state index contributed by atoms with van der Waals surface area (Å²) in [6, 6.07) is 7.89. The van der Waals surface area contributed by atoms with E-state index in [-0.39, 0.29) is 5.60 Å². The Kier molecular flexibility index (Phi) is 5.23. The Morgan fingerprint density at radius 3 is 2.92 bits per heavy atom. The summed E-state index contributed by atoms with van der Waals surface area (Å²) in [6.45, 7) is 8.89. The van der Waals surface area contributed by atoms with Gasteiger partial charge in [-0.05, 0) is 52.3 Å². The van der Waals surface area contributed by atoms with Crippen LogP contribution in [0.5, 0.6) is 0 Å². The van der Waals surface area contributed by atoms with Crippen molar-refractivity contribution in [2.24, 2.45) is 0 Å². The third-order valence-corrected chi connectivity index (χ3v) is 4.34. The van der Waals surface area contributed by atoms with Crippen LogP contribution in [-0.2, 0) is 4.74 Å². The molecular formula is C19H28N2O3. The van der Waals surface area contributed by atoms with E-state index in [0.717, 1.165) is 42.9 Å². The van der Waals surface area contributed by atoms with Gasteiger partial charge in [0.15, 0.2) is 11.5 Å². The molecule has 2 atom stereocenters. The molecule has 5 nitrogen and oxygen atoms in total. The van der Waals surface area contributed by atoms with Crippen molar-refractivity contribution >= 4 is 11.1 Å². The summed E-state index contributed by atoms with van der Waals surface area (Å²) in [4.78, 5) is 6.93. The molecule has 2 aromatic rings. The van der Waals surface area contributed by atoms with Gasteiger partial charge in [0.1, 0.15) is 5.52 Å². The number of fused-ring (bicyclic) bond motifs is 1. The molecule has 0 radical (unpaired) electrons. The van der Waals surface area contributed by atoms with Gasteiger partial charge in [0.05, 0.1) is 18.3 Å². The van der Waals surface area contributed by atoms with Gasteiger partial charge in [-0.1, -0.05) is 12.1 Å². The predicted molar refractivity (Wildman–Crippen MR) is 94.1 cm³/mol. The van der Waals surface area contributed by atoms with Crippen LogP contribution in [0.4, 0.5) is 0 Å². The van der Waals surface area contributed by atoms with Crippen molar-refractivity contribution in [3.8, 4) is 0 Å². The molecule has 1 saturated heterocycles. The SMILES string of the molecule is CC(C)(C)OCC(O)CN1CCCC(c2nc3ccccc3o2)C1. The first-order valence-corrected chi connectivity index (χ1v) is 8.80. The van der Waals surface area contributed by atoms with Gasteiger partial charge in [-0.25, -0.2) is 4.98 Å². The molecule has 1 aromatic carbocycles. The maximum atomic E-state index is 10.2. The van der Waals surface area contributed by atoms with E-state index in [1.165, 1.54) is 0 Å².